The molecule has 160 valence electrons. The molecule has 29 heavy (non-hydrogen) atoms. The lowest BCUT2D eigenvalue weighted by Crippen LogP contribution is -2.31. The summed E-state index contributed by atoms with van der Waals surface area (Å²) in [5, 5.41) is 10.3. The number of aromatic nitrogens is 2. The van der Waals surface area contributed by atoms with Gasteiger partial charge in [-0.15, -0.1) is 0 Å². The molecule has 0 saturated carbocycles. The second-order valence-electron chi connectivity index (χ2n) is 6.98. The van der Waals surface area contributed by atoms with E-state index < -0.39 is 10.0 Å². The summed E-state index contributed by atoms with van der Waals surface area (Å²) in [5.41, 5.74) is 3.31. The molecular formula is C20H31N5O3S. The molecule has 0 radical (unpaired) electrons. The monoisotopic (exact) mass is 421 g/mol. The molecule has 0 aliphatic carbocycles. The second-order valence-corrected chi connectivity index (χ2v) is 8.92. The van der Waals surface area contributed by atoms with Gasteiger partial charge in [-0.25, -0.2) is 8.42 Å². The first-order valence-corrected chi connectivity index (χ1v) is 11.2. The van der Waals surface area contributed by atoms with Gasteiger partial charge in [0.25, 0.3) is 0 Å². The molecule has 2 aromatic rings. The van der Waals surface area contributed by atoms with Gasteiger partial charge in [0.1, 0.15) is 0 Å². The van der Waals surface area contributed by atoms with Crippen molar-refractivity contribution in [3.63, 3.8) is 0 Å². The van der Waals surface area contributed by atoms with Crippen LogP contribution >= 0.6 is 0 Å². The van der Waals surface area contributed by atoms with E-state index in [-0.39, 0.29) is 23.4 Å². The lowest BCUT2D eigenvalue weighted by molar-refractivity contribution is -0.115. The molecule has 0 aliphatic rings. The molecule has 0 aliphatic heterocycles. The van der Waals surface area contributed by atoms with Crippen LogP contribution in [0.5, 0.6) is 0 Å². The first-order chi connectivity index (χ1) is 13.6. The lowest BCUT2D eigenvalue weighted by atomic mass is 10.1. The summed E-state index contributed by atoms with van der Waals surface area (Å²) in [6.45, 7) is 10.3. The molecule has 0 fully saturated rings. The smallest absolute Gasteiger partial charge is 0.243 e. The highest BCUT2D eigenvalue weighted by Crippen LogP contribution is 2.20. The van der Waals surface area contributed by atoms with E-state index in [1.165, 1.54) is 4.31 Å². The van der Waals surface area contributed by atoms with Gasteiger partial charge in [-0.05, 0) is 38.5 Å². The number of nitrogens with zero attached hydrogens (tertiary/aromatic N) is 3. The van der Waals surface area contributed by atoms with Gasteiger partial charge in [-0.2, -0.15) is 9.40 Å². The Morgan fingerprint density at radius 1 is 1.17 bits per heavy atom. The third kappa shape index (κ3) is 5.23. The first-order valence-electron chi connectivity index (χ1n) is 9.75. The first kappa shape index (κ1) is 23.1. The largest absolute Gasteiger partial charge is 0.322 e. The van der Waals surface area contributed by atoms with Crippen LogP contribution in [0.15, 0.2) is 29.2 Å². The summed E-state index contributed by atoms with van der Waals surface area (Å²) in [4.78, 5) is 12.6. The van der Waals surface area contributed by atoms with E-state index in [0.29, 0.717) is 13.1 Å². The summed E-state index contributed by atoms with van der Waals surface area (Å²) < 4.78 is 28.3. The Bertz CT molecular complexity index is 947. The van der Waals surface area contributed by atoms with Crippen LogP contribution in [0.25, 0.3) is 0 Å². The SMILES string of the molecule is CCN(CC)S(=O)(=O)c1ccc([C@@H](C)NCC(=O)Nc2c(C)nn(C)c2C)cc1. The molecule has 2 rings (SSSR count). The van der Waals surface area contributed by atoms with Crippen molar-refractivity contribution in [2.75, 3.05) is 25.0 Å². The van der Waals surface area contributed by atoms with Gasteiger partial charge in [0.2, 0.25) is 15.9 Å². The van der Waals surface area contributed by atoms with Gasteiger partial charge in [0.05, 0.1) is 28.5 Å². The Kier molecular flexibility index (Phi) is 7.56. The van der Waals surface area contributed by atoms with Crippen molar-refractivity contribution < 1.29 is 13.2 Å². The maximum Gasteiger partial charge on any atom is 0.243 e. The van der Waals surface area contributed by atoms with Crippen molar-refractivity contribution in [3.8, 4) is 0 Å². The van der Waals surface area contributed by atoms with Crippen LogP contribution in [0.4, 0.5) is 5.69 Å². The lowest BCUT2D eigenvalue weighted by Gasteiger charge is -2.19. The number of amides is 1. The van der Waals surface area contributed by atoms with Crippen molar-refractivity contribution >= 4 is 21.6 Å². The van der Waals surface area contributed by atoms with Gasteiger partial charge < -0.3 is 10.6 Å². The number of benzene rings is 1. The zero-order valence-electron chi connectivity index (χ0n) is 18.0. The topological polar surface area (TPSA) is 96.3 Å². The molecule has 0 spiro atoms. The van der Waals surface area contributed by atoms with Crippen LogP contribution < -0.4 is 10.6 Å². The van der Waals surface area contributed by atoms with Gasteiger partial charge in [0, 0.05) is 26.2 Å². The molecule has 0 unspecified atom stereocenters. The fourth-order valence-electron chi connectivity index (χ4n) is 3.14. The average molecular weight is 422 g/mol. The van der Waals surface area contributed by atoms with Crippen LogP contribution in [0.3, 0.4) is 0 Å². The summed E-state index contributed by atoms with van der Waals surface area (Å²) in [5.74, 6) is -0.156. The number of carbonyl (C=O) groups is 1. The van der Waals surface area contributed by atoms with E-state index in [4.69, 9.17) is 0 Å². The predicted molar refractivity (Wildman–Crippen MR) is 114 cm³/mol. The highest BCUT2D eigenvalue weighted by atomic mass is 32.2. The fourth-order valence-corrected chi connectivity index (χ4v) is 4.60. The minimum absolute atomic E-state index is 0.109. The normalized spacial score (nSPS) is 12.9. The number of rotatable bonds is 9. The van der Waals surface area contributed by atoms with Crippen LogP contribution in [-0.4, -0.2) is 48.0 Å². The zero-order chi connectivity index (χ0) is 21.8. The van der Waals surface area contributed by atoms with Gasteiger partial charge in [0.15, 0.2) is 0 Å². The number of sulfonamides is 1. The van der Waals surface area contributed by atoms with E-state index >= 15 is 0 Å². The third-order valence-electron chi connectivity index (χ3n) is 5.07. The fraction of sp³-hybridized carbons (Fsp3) is 0.500. The number of hydrogen-bond donors (Lipinski definition) is 2. The van der Waals surface area contributed by atoms with Gasteiger partial charge >= 0.3 is 0 Å². The number of carbonyl (C=O) groups excluding carboxylic acids is 1. The maximum atomic E-state index is 12.6. The Labute approximate surface area is 173 Å². The molecule has 9 heteroatoms. The maximum absolute atomic E-state index is 12.6. The molecule has 1 aromatic heterocycles. The minimum Gasteiger partial charge on any atom is -0.322 e. The molecular weight excluding hydrogens is 390 g/mol. The summed E-state index contributed by atoms with van der Waals surface area (Å²) >= 11 is 0. The van der Waals surface area contributed by atoms with Crippen molar-refractivity contribution in [2.24, 2.45) is 7.05 Å². The van der Waals surface area contributed by atoms with Gasteiger partial charge in [-0.3, -0.25) is 9.48 Å². The van der Waals surface area contributed by atoms with Crippen molar-refractivity contribution in [1.29, 1.82) is 0 Å². The van der Waals surface area contributed by atoms with Gasteiger partial charge in [-0.1, -0.05) is 26.0 Å². The minimum atomic E-state index is -3.47. The molecule has 1 heterocycles. The van der Waals surface area contributed by atoms with Crippen molar-refractivity contribution in [2.45, 2.75) is 45.6 Å². The van der Waals surface area contributed by atoms with Crippen molar-refractivity contribution in [1.82, 2.24) is 19.4 Å². The van der Waals surface area contributed by atoms with Crippen LogP contribution in [0.2, 0.25) is 0 Å². The number of anilines is 1. The average Bonchev–Trinajstić information content (AvgIpc) is 2.93. The Balaban J connectivity index is 1.99. The highest BCUT2D eigenvalue weighted by Gasteiger charge is 2.21. The van der Waals surface area contributed by atoms with E-state index in [0.717, 1.165) is 22.6 Å². The van der Waals surface area contributed by atoms with Crippen LogP contribution in [0, 0.1) is 13.8 Å². The second kappa shape index (κ2) is 9.51. The summed E-state index contributed by atoms with van der Waals surface area (Å²) in [6.07, 6.45) is 0. The van der Waals surface area contributed by atoms with E-state index in [1.54, 1.807) is 28.9 Å². The van der Waals surface area contributed by atoms with E-state index in [9.17, 15) is 13.2 Å². The molecule has 1 atom stereocenters. The van der Waals surface area contributed by atoms with E-state index in [2.05, 4.69) is 15.7 Å². The predicted octanol–water partition coefficient (Wildman–Crippen LogP) is 2.36. The molecule has 1 amide bonds. The molecule has 8 nitrogen and oxygen atoms in total. The molecule has 1 aromatic carbocycles. The summed E-state index contributed by atoms with van der Waals surface area (Å²) in [6, 6.07) is 6.68. The van der Waals surface area contributed by atoms with Crippen molar-refractivity contribution in [3.05, 3.63) is 41.2 Å². The number of nitrogens with one attached hydrogen (secondary N) is 2. The number of aryl methyl sites for hydroxylation is 2. The molecule has 0 bridgehead atoms. The zero-order valence-corrected chi connectivity index (χ0v) is 18.8. The Morgan fingerprint density at radius 2 is 1.76 bits per heavy atom. The quantitative estimate of drug-likeness (QED) is 0.648. The molecule has 0 saturated heterocycles. The molecule has 2 N–H and O–H groups in total. The third-order valence-corrected chi connectivity index (χ3v) is 7.13. The standard InChI is InChI=1S/C20H31N5O3S/c1-7-25(8-2)29(27,28)18-11-9-17(10-12-18)14(3)21-13-19(26)22-20-15(4)23-24(6)16(20)5/h9-12,14,21H,7-8,13H2,1-6H3,(H,22,26)/t14-/m1/s1. The number of hydrogen-bond acceptors (Lipinski definition) is 5. The Hall–Kier alpha value is -2.23. The highest BCUT2D eigenvalue weighted by molar-refractivity contribution is 7.89. The summed E-state index contributed by atoms with van der Waals surface area (Å²) in [7, 11) is -1.63. The van der Waals surface area contributed by atoms with Crippen LogP contribution in [0.1, 0.15) is 43.8 Å². The van der Waals surface area contributed by atoms with Crippen LogP contribution in [-0.2, 0) is 21.9 Å². The van der Waals surface area contributed by atoms with E-state index in [1.807, 2.05) is 41.7 Å². The Morgan fingerprint density at radius 3 is 2.24 bits per heavy atom.